The van der Waals surface area contributed by atoms with Crippen LogP contribution < -0.4 is 14.7 Å². The Kier molecular flexibility index (Phi) is 8.34. The third-order valence-electron chi connectivity index (χ3n) is 11.1. The van der Waals surface area contributed by atoms with Crippen LogP contribution in [0.4, 0.5) is 51.2 Å². The highest BCUT2D eigenvalue weighted by molar-refractivity contribution is 7.27. The van der Waals surface area contributed by atoms with Crippen molar-refractivity contribution < 1.29 is 0 Å². The fraction of sp³-hybridized carbons (Fsp3) is 0. The lowest BCUT2D eigenvalue weighted by atomic mass is 10.0. The van der Waals surface area contributed by atoms with E-state index in [0.717, 1.165) is 51.2 Å². The van der Waals surface area contributed by atoms with Gasteiger partial charge in [-0.25, -0.2) is 0 Å². The van der Waals surface area contributed by atoms with E-state index in [0.29, 0.717) is 0 Å². The molecule has 0 radical (unpaired) electrons. The van der Waals surface area contributed by atoms with E-state index < -0.39 is 0 Å². The Morgan fingerprint density at radius 1 is 0.293 bits per heavy atom. The molecule has 0 saturated heterocycles. The summed E-state index contributed by atoms with van der Waals surface area (Å²) in [6.07, 6.45) is 0. The minimum atomic E-state index is 1.05. The van der Waals surface area contributed by atoms with E-state index in [9.17, 15) is 0 Å². The van der Waals surface area contributed by atoms with Crippen molar-refractivity contribution in [3.63, 3.8) is 0 Å². The van der Waals surface area contributed by atoms with Gasteiger partial charge in [-0.2, -0.15) is 0 Å². The van der Waals surface area contributed by atoms with Gasteiger partial charge in [0.15, 0.2) is 0 Å². The smallest absolute Gasteiger partial charge is 0.0640 e. The van der Waals surface area contributed by atoms with Crippen molar-refractivity contribution in [1.82, 2.24) is 0 Å². The van der Waals surface area contributed by atoms with Gasteiger partial charge in [0.05, 0.1) is 37.8 Å². The zero-order valence-corrected chi connectivity index (χ0v) is 32.4. The third kappa shape index (κ3) is 5.90. The molecule has 0 fully saturated rings. The van der Waals surface area contributed by atoms with E-state index >= 15 is 0 Å². The largest absolute Gasteiger partial charge is 0.310 e. The number of nitrogens with zero attached hydrogens (tertiary/aromatic N) is 3. The summed E-state index contributed by atoms with van der Waals surface area (Å²) in [6, 6.07) is 81.3. The highest BCUT2D eigenvalue weighted by atomic mass is 32.1. The summed E-state index contributed by atoms with van der Waals surface area (Å²) in [5.41, 5.74) is 14.6. The van der Waals surface area contributed by atoms with Crippen molar-refractivity contribution >= 4 is 82.7 Å². The molecule has 4 bridgehead atoms. The second-order valence-electron chi connectivity index (χ2n) is 14.6. The third-order valence-corrected chi connectivity index (χ3v) is 12.4. The molecule has 0 amide bonds. The summed E-state index contributed by atoms with van der Waals surface area (Å²) in [5.74, 6) is 0. The molecule has 0 N–H and O–H groups in total. The maximum absolute atomic E-state index is 2.44. The molecule has 1 aliphatic rings. The van der Waals surface area contributed by atoms with Crippen LogP contribution in [0.3, 0.4) is 0 Å². The van der Waals surface area contributed by atoms with Crippen LogP contribution in [0.1, 0.15) is 0 Å². The normalized spacial score (nSPS) is 12.1. The van der Waals surface area contributed by atoms with Gasteiger partial charge in [0.1, 0.15) is 0 Å². The zero-order valence-electron chi connectivity index (χ0n) is 31.6. The molecular weight excluding hydrogens is 723 g/mol. The van der Waals surface area contributed by atoms with Crippen LogP contribution >= 0.6 is 11.3 Å². The molecule has 0 spiro atoms. The molecule has 58 heavy (non-hydrogen) atoms. The predicted molar refractivity (Wildman–Crippen MR) is 248 cm³/mol. The summed E-state index contributed by atoms with van der Waals surface area (Å²) < 4.78 is 2.53. The summed E-state index contributed by atoms with van der Waals surface area (Å²) in [6.45, 7) is 0. The summed E-state index contributed by atoms with van der Waals surface area (Å²) in [7, 11) is 0. The zero-order chi connectivity index (χ0) is 38.4. The number of fused-ring (bicyclic) bond motifs is 3. The van der Waals surface area contributed by atoms with E-state index in [1.54, 1.807) is 0 Å². The molecule has 4 heteroatoms. The van der Waals surface area contributed by atoms with Gasteiger partial charge < -0.3 is 14.7 Å². The van der Waals surface area contributed by atoms with Crippen LogP contribution in [-0.4, -0.2) is 0 Å². The first kappa shape index (κ1) is 33.9. The second-order valence-corrected chi connectivity index (χ2v) is 15.6. The molecule has 1 aliphatic heterocycles. The second kappa shape index (κ2) is 14.3. The van der Waals surface area contributed by atoms with Gasteiger partial charge in [-0.1, -0.05) is 146 Å². The molecule has 2 heterocycles. The van der Waals surface area contributed by atoms with E-state index in [-0.39, 0.29) is 0 Å². The van der Waals surface area contributed by atoms with E-state index in [4.69, 9.17) is 0 Å². The fourth-order valence-corrected chi connectivity index (χ4v) is 9.74. The van der Waals surface area contributed by atoms with Crippen LogP contribution in [0.5, 0.6) is 0 Å². The van der Waals surface area contributed by atoms with E-state index in [2.05, 4.69) is 239 Å². The first-order chi connectivity index (χ1) is 28.8. The number of thiophene rings is 1. The molecule has 9 aromatic carbocycles. The van der Waals surface area contributed by atoms with Gasteiger partial charge in [-0.3, -0.25) is 0 Å². The van der Waals surface area contributed by atoms with Gasteiger partial charge in [-0.05, 0) is 101 Å². The number of hydrogen-bond donors (Lipinski definition) is 0. The topological polar surface area (TPSA) is 9.72 Å². The molecule has 274 valence electrons. The van der Waals surface area contributed by atoms with Crippen molar-refractivity contribution in [3.8, 4) is 22.3 Å². The molecule has 0 saturated carbocycles. The number of anilines is 9. The van der Waals surface area contributed by atoms with E-state index in [1.807, 2.05) is 11.3 Å². The molecule has 0 unspecified atom stereocenters. The number of hydrogen-bond acceptors (Lipinski definition) is 4. The Bertz CT molecular complexity index is 2830. The average Bonchev–Trinajstić information content (AvgIpc) is 3.69. The van der Waals surface area contributed by atoms with Crippen LogP contribution in [-0.2, 0) is 0 Å². The van der Waals surface area contributed by atoms with E-state index in [1.165, 1.54) is 42.4 Å². The van der Waals surface area contributed by atoms with Crippen molar-refractivity contribution in [2.75, 3.05) is 14.7 Å². The lowest BCUT2D eigenvalue weighted by Crippen LogP contribution is -2.16. The Labute approximate surface area is 342 Å². The van der Waals surface area contributed by atoms with Crippen molar-refractivity contribution in [3.05, 3.63) is 224 Å². The van der Waals surface area contributed by atoms with Crippen LogP contribution in [0.2, 0.25) is 0 Å². The molecule has 0 atom stereocenters. The van der Waals surface area contributed by atoms with Crippen molar-refractivity contribution in [2.24, 2.45) is 0 Å². The first-order valence-corrected chi connectivity index (χ1v) is 20.5. The van der Waals surface area contributed by atoms with Crippen LogP contribution in [0.25, 0.3) is 42.4 Å². The Morgan fingerprint density at radius 3 is 1.09 bits per heavy atom. The number of rotatable bonds is 7. The molecule has 0 aliphatic carbocycles. The van der Waals surface area contributed by atoms with Gasteiger partial charge >= 0.3 is 0 Å². The summed E-state index contributed by atoms with van der Waals surface area (Å²) in [5, 5.41) is 2.53. The first-order valence-electron chi connectivity index (χ1n) is 19.7. The summed E-state index contributed by atoms with van der Waals surface area (Å²) >= 11 is 1.88. The Morgan fingerprint density at radius 2 is 0.672 bits per heavy atom. The van der Waals surface area contributed by atoms with Crippen LogP contribution in [0, 0.1) is 0 Å². The fourth-order valence-electron chi connectivity index (χ4n) is 8.43. The maximum atomic E-state index is 2.44. The quantitative estimate of drug-likeness (QED) is 0.160. The average molecular weight is 760 g/mol. The highest BCUT2D eigenvalue weighted by Crippen LogP contribution is 2.53. The Balaban J connectivity index is 1.19. The maximum Gasteiger partial charge on any atom is 0.0640 e. The molecule has 1 aromatic heterocycles. The lowest BCUT2D eigenvalue weighted by Gasteiger charge is -2.33. The van der Waals surface area contributed by atoms with Crippen molar-refractivity contribution in [1.29, 1.82) is 0 Å². The predicted octanol–water partition coefficient (Wildman–Crippen LogP) is 16.1. The standard InChI is InChI=1S/C54H37N3S/c1-5-15-38(16-6-1)40-27-31-44(32-28-40)55(45-33-29-41(30-34-45)39-17-7-2-8-18-39)46-35-47-37-48(36-46)57(43-21-11-4-12-22-43)52-26-14-24-50-49-23-13-25-51(53(49)58-54(50)52)56(47)42-19-9-3-10-20-42/h1-37H. The van der Waals surface area contributed by atoms with Gasteiger partial charge in [0.25, 0.3) is 0 Å². The summed E-state index contributed by atoms with van der Waals surface area (Å²) in [4.78, 5) is 7.28. The molecule has 11 rings (SSSR count). The van der Waals surface area contributed by atoms with Gasteiger partial charge in [-0.15, -0.1) is 11.3 Å². The lowest BCUT2D eigenvalue weighted by molar-refractivity contribution is 1.23. The molecular formula is C54H37N3S. The minimum Gasteiger partial charge on any atom is -0.310 e. The highest BCUT2D eigenvalue weighted by Gasteiger charge is 2.27. The Hall–Kier alpha value is -7.40. The monoisotopic (exact) mass is 759 g/mol. The van der Waals surface area contributed by atoms with Gasteiger partial charge in [0, 0.05) is 33.5 Å². The SMILES string of the molecule is c1ccc(-c2ccc(N(c3ccc(-c4ccccc4)cc3)c3cc4cc(c3)N(c3ccccc3)c3cccc5c3sc3c(cccc35)N4c3ccccc3)cc2)cc1. The van der Waals surface area contributed by atoms with Crippen LogP contribution in [0.15, 0.2) is 224 Å². The number of benzene rings is 9. The van der Waals surface area contributed by atoms with Crippen molar-refractivity contribution in [2.45, 2.75) is 0 Å². The van der Waals surface area contributed by atoms with Gasteiger partial charge in [0.2, 0.25) is 0 Å². The minimum absolute atomic E-state index is 1.05. The molecule has 3 nitrogen and oxygen atoms in total. The number of para-hydroxylation sites is 2. The molecule has 10 aromatic rings.